The Morgan fingerprint density at radius 2 is 1.92 bits per heavy atom. The van der Waals surface area contributed by atoms with Crippen molar-refractivity contribution in [2.24, 2.45) is 10.7 Å². The van der Waals surface area contributed by atoms with Gasteiger partial charge in [-0.3, -0.25) is 10.2 Å². The molecule has 0 aromatic heterocycles. The van der Waals surface area contributed by atoms with E-state index in [1.807, 2.05) is 43.3 Å². The molecule has 0 aliphatic carbocycles. The molecule has 1 aliphatic rings. The predicted molar refractivity (Wildman–Crippen MR) is 145 cm³/mol. The fraction of sp³-hybridized carbons (Fsp3) is 0.214. The van der Waals surface area contributed by atoms with Crippen LogP contribution >= 0.6 is 11.6 Å². The Bertz CT molecular complexity index is 1330. The summed E-state index contributed by atoms with van der Waals surface area (Å²) in [7, 11) is 0. The van der Waals surface area contributed by atoms with Crippen LogP contribution in [-0.2, 0) is 0 Å². The Morgan fingerprint density at radius 1 is 1.16 bits per heavy atom. The Balaban J connectivity index is 1.83. The number of carbonyl (C=O) groups is 1. The van der Waals surface area contributed by atoms with Crippen molar-refractivity contribution in [3.63, 3.8) is 0 Å². The van der Waals surface area contributed by atoms with Crippen molar-refractivity contribution in [2.75, 3.05) is 18.5 Å². The number of nitrogens with two attached hydrogens (primary N) is 1. The summed E-state index contributed by atoms with van der Waals surface area (Å²) in [5, 5.41) is 2.23. The van der Waals surface area contributed by atoms with Crippen molar-refractivity contribution in [2.45, 2.75) is 25.8 Å². The first-order valence-corrected chi connectivity index (χ1v) is 12.4. The van der Waals surface area contributed by atoms with Crippen molar-refractivity contribution in [1.29, 1.82) is 0 Å². The second-order valence-electron chi connectivity index (χ2n) is 8.56. The van der Waals surface area contributed by atoms with E-state index in [4.69, 9.17) is 22.3 Å². The molecule has 1 amide bonds. The molecule has 0 radical (unpaired) electrons. The number of amides is 1. The quantitative estimate of drug-likeness (QED) is 0.348. The van der Waals surface area contributed by atoms with Gasteiger partial charge in [-0.15, -0.1) is 0 Å². The SMILES string of the molecule is C=C1c2ccc(Cl)cc2N=C(C(CC)N(CCCN)C(=O)c2cccc(F)c2F)N1Nc1ccccc1. The van der Waals surface area contributed by atoms with E-state index in [1.165, 1.54) is 17.0 Å². The summed E-state index contributed by atoms with van der Waals surface area (Å²) in [4.78, 5) is 20.0. The summed E-state index contributed by atoms with van der Waals surface area (Å²) in [6, 6.07) is 17.7. The van der Waals surface area contributed by atoms with Gasteiger partial charge in [0.15, 0.2) is 17.5 Å². The third kappa shape index (κ3) is 5.50. The molecule has 1 heterocycles. The van der Waals surface area contributed by atoms with Crippen molar-refractivity contribution < 1.29 is 13.6 Å². The molecule has 0 bridgehead atoms. The van der Waals surface area contributed by atoms with E-state index in [2.05, 4.69) is 12.0 Å². The van der Waals surface area contributed by atoms with Crippen LogP contribution in [0.2, 0.25) is 5.02 Å². The molecule has 6 nitrogen and oxygen atoms in total. The van der Waals surface area contributed by atoms with Crippen LogP contribution in [0.5, 0.6) is 0 Å². The van der Waals surface area contributed by atoms with Gasteiger partial charge in [0.1, 0.15) is 0 Å². The molecular weight excluding hydrogens is 496 g/mol. The van der Waals surface area contributed by atoms with Crippen LogP contribution in [0, 0.1) is 11.6 Å². The van der Waals surface area contributed by atoms with Crippen molar-refractivity contribution in [3.05, 3.63) is 101 Å². The lowest BCUT2D eigenvalue weighted by Crippen LogP contribution is -2.53. The van der Waals surface area contributed by atoms with Gasteiger partial charge in [0.25, 0.3) is 5.91 Å². The van der Waals surface area contributed by atoms with E-state index in [0.717, 1.165) is 17.3 Å². The average Bonchev–Trinajstić information content (AvgIpc) is 2.90. The van der Waals surface area contributed by atoms with E-state index in [0.29, 0.717) is 41.6 Å². The van der Waals surface area contributed by atoms with Gasteiger partial charge < -0.3 is 10.6 Å². The molecule has 1 aliphatic heterocycles. The maximum absolute atomic E-state index is 14.7. The monoisotopic (exact) mass is 523 g/mol. The number of hydrogen-bond acceptors (Lipinski definition) is 5. The number of amidine groups is 1. The number of benzene rings is 3. The highest BCUT2D eigenvalue weighted by Gasteiger charge is 2.35. The van der Waals surface area contributed by atoms with Gasteiger partial charge in [-0.1, -0.05) is 49.4 Å². The average molecular weight is 524 g/mol. The number of nitrogens with one attached hydrogen (secondary N) is 1. The number of hydrazine groups is 1. The summed E-state index contributed by atoms with van der Waals surface area (Å²) in [5.41, 5.74) is 11.5. The van der Waals surface area contributed by atoms with Gasteiger partial charge in [0, 0.05) is 17.1 Å². The van der Waals surface area contributed by atoms with Gasteiger partial charge >= 0.3 is 0 Å². The third-order valence-electron chi connectivity index (χ3n) is 6.13. The Hall–Kier alpha value is -3.75. The lowest BCUT2D eigenvalue weighted by molar-refractivity contribution is 0.0709. The van der Waals surface area contributed by atoms with Gasteiger partial charge in [-0.05, 0) is 61.9 Å². The zero-order valence-electron chi connectivity index (χ0n) is 20.4. The lowest BCUT2D eigenvalue weighted by atomic mass is 10.0. The van der Waals surface area contributed by atoms with E-state index in [-0.39, 0.29) is 12.1 Å². The predicted octanol–water partition coefficient (Wildman–Crippen LogP) is 6.23. The molecule has 192 valence electrons. The highest BCUT2D eigenvalue weighted by atomic mass is 35.5. The lowest BCUT2D eigenvalue weighted by Gasteiger charge is -2.40. The Morgan fingerprint density at radius 3 is 2.62 bits per heavy atom. The number of carbonyl (C=O) groups excluding carboxylic acids is 1. The van der Waals surface area contributed by atoms with E-state index in [1.54, 1.807) is 17.1 Å². The van der Waals surface area contributed by atoms with Gasteiger partial charge in [0.2, 0.25) is 0 Å². The summed E-state index contributed by atoms with van der Waals surface area (Å²) < 4.78 is 28.7. The topological polar surface area (TPSA) is 74.0 Å². The molecule has 9 heteroatoms. The van der Waals surface area contributed by atoms with Crippen molar-refractivity contribution >= 4 is 40.4 Å². The first kappa shape index (κ1) is 26.3. The minimum absolute atomic E-state index is 0.219. The molecule has 0 saturated heterocycles. The molecule has 0 saturated carbocycles. The zero-order chi connectivity index (χ0) is 26.5. The number of hydrogen-bond donors (Lipinski definition) is 2. The smallest absolute Gasteiger partial charge is 0.257 e. The van der Waals surface area contributed by atoms with E-state index >= 15 is 0 Å². The zero-order valence-corrected chi connectivity index (χ0v) is 21.2. The third-order valence-corrected chi connectivity index (χ3v) is 6.36. The van der Waals surface area contributed by atoms with Gasteiger partial charge in [0.05, 0.1) is 28.7 Å². The first-order chi connectivity index (χ1) is 17.8. The molecule has 3 aromatic rings. The van der Waals surface area contributed by atoms with Crippen LogP contribution in [0.3, 0.4) is 0 Å². The van der Waals surface area contributed by atoms with Gasteiger partial charge in [-0.2, -0.15) is 0 Å². The second kappa shape index (κ2) is 11.5. The number of nitrogens with zero attached hydrogens (tertiary/aromatic N) is 3. The fourth-order valence-electron chi connectivity index (χ4n) is 4.29. The number of fused-ring (bicyclic) bond motifs is 1. The summed E-state index contributed by atoms with van der Waals surface area (Å²) >= 11 is 6.26. The van der Waals surface area contributed by atoms with Crippen LogP contribution < -0.4 is 11.2 Å². The highest BCUT2D eigenvalue weighted by Crippen LogP contribution is 2.37. The maximum atomic E-state index is 14.7. The largest absolute Gasteiger partial charge is 0.330 e. The number of aliphatic imine (C=N–C) groups is 1. The minimum atomic E-state index is -1.19. The molecular formula is C28H28ClF2N5O. The van der Waals surface area contributed by atoms with E-state index in [9.17, 15) is 13.6 Å². The van der Waals surface area contributed by atoms with Crippen LogP contribution in [-0.4, -0.2) is 40.8 Å². The second-order valence-corrected chi connectivity index (χ2v) is 8.99. The summed E-state index contributed by atoms with van der Waals surface area (Å²) in [6.45, 7) is 6.72. The summed E-state index contributed by atoms with van der Waals surface area (Å²) in [5.74, 6) is -2.46. The standard InChI is InChI=1S/C28H28ClF2N5O/c1-3-25(35(16-8-15-32)28(37)22-11-7-12-23(30)26(22)31)27-33-24-17-19(29)13-14-21(24)18(2)36(27)34-20-9-5-4-6-10-20/h4-7,9-14,17,25,34H,2-3,8,15-16,32H2,1H3. The van der Waals surface area contributed by atoms with Crippen LogP contribution in [0.25, 0.3) is 5.70 Å². The summed E-state index contributed by atoms with van der Waals surface area (Å²) in [6.07, 6.45) is 0.893. The number of anilines is 1. The number of rotatable bonds is 9. The molecule has 3 aromatic carbocycles. The van der Waals surface area contributed by atoms with Crippen molar-refractivity contribution in [1.82, 2.24) is 9.91 Å². The molecule has 4 rings (SSSR count). The molecule has 1 atom stereocenters. The molecule has 0 fully saturated rings. The normalized spacial score (nSPS) is 13.6. The Labute approximate surface area is 220 Å². The van der Waals surface area contributed by atoms with E-state index < -0.39 is 23.6 Å². The first-order valence-electron chi connectivity index (χ1n) is 12.0. The molecule has 0 spiro atoms. The van der Waals surface area contributed by atoms with Crippen LogP contribution in [0.4, 0.5) is 20.2 Å². The number of halogens is 3. The molecule has 3 N–H and O–H groups in total. The van der Waals surface area contributed by atoms with Crippen LogP contribution in [0.15, 0.2) is 78.3 Å². The van der Waals surface area contributed by atoms with Gasteiger partial charge in [-0.25, -0.2) is 18.8 Å². The maximum Gasteiger partial charge on any atom is 0.257 e. The molecule has 37 heavy (non-hydrogen) atoms. The highest BCUT2D eigenvalue weighted by molar-refractivity contribution is 6.31. The Kier molecular flexibility index (Phi) is 8.21. The fourth-order valence-corrected chi connectivity index (χ4v) is 4.46. The van der Waals surface area contributed by atoms with Crippen molar-refractivity contribution in [3.8, 4) is 0 Å². The number of para-hydroxylation sites is 1. The molecule has 1 unspecified atom stereocenters. The van der Waals surface area contributed by atoms with Crippen LogP contribution in [0.1, 0.15) is 35.7 Å². The minimum Gasteiger partial charge on any atom is -0.330 e.